The number of ether oxygens (including phenoxy) is 1. The Hall–Kier alpha value is -2.18. The molecule has 1 saturated heterocycles. The van der Waals surface area contributed by atoms with Gasteiger partial charge in [-0.05, 0) is 36.8 Å². The standard InChI is InChI=1S/C16H17ClN4O2/c1-11-10-12(17)2-3-13(11)19-15(22)14-4-5-18-16(20-14)21-6-8-23-9-7-21/h2-5,10H,6-9H2,1H3,(H,19,22). The first-order valence-electron chi connectivity index (χ1n) is 7.37. The highest BCUT2D eigenvalue weighted by Gasteiger charge is 2.16. The fourth-order valence-corrected chi connectivity index (χ4v) is 2.57. The normalized spacial score (nSPS) is 14.6. The second kappa shape index (κ2) is 6.93. The number of carbonyl (C=O) groups is 1. The minimum absolute atomic E-state index is 0.271. The molecule has 2 aromatic rings. The van der Waals surface area contributed by atoms with Crippen LogP contribution in [-0.4, -0.2) is 42.2 Å². The molecule has 1 N–H and O–H groups in total. The zero-order chi connectivity index (χ0) is 16.2. The smallest absolute Gasteiger partial charge is 0.274 e. The number of aryl methyl sites for hydroxylation is 1. The summed E-state index contributed by atoms with van der Waals surface area (Å²) in [5.74, 6) is 0.279. The van der Waals surface area contributed by atoms with E-state index >= 15 is 0 Å². The van der Waals surface area contributed by atoms with Crippen molar-refractivity contribution in [2.24, 2.45) is 0 Å². The lowest BCUT2D eigenvalue weighted by molar-refractivity contribution is 0.102. The van der Waals surface area contributed by atoms with Gasteiger partial charge in [0.2, 0.25) is 5.95 Å². The third kappa shape index (κ3) is 3.78. The van der Waals surface area contributed by atoms with Crippen LogP contribution in [0.1, 0.15) is 16.1 Å². The summed E-state index contributed by atoms with van der Waals surface area (Å²) >= 11 is 5.93. The molecule has 0 saturated carbocycles. The van der Waals surface area contributed by atoms with E-state index in [0.29, 0.717) is 35.6 Å². The summed E-state index contributed by atoms with van der Waals surface area (Å²) in [6.07, 6.45) is 1.60. The van der Waals surface area contributed by atoms with Gasteiger partial charge in [-0.25, -0.2) is 9.97 Å². The van der Waals surface area contributed by atoms with Gasteiger partial charge >= 0.3 is 0 Å². The highest BCUT2D eigenvalue weighted by Crippen LogP contribution is 2.20. The predicted octanol–water partition coefficient (Wildman–Crippen LogP) is 2.53. The Morgan fingerprint density at radius 1 is 1.30 bits per heavy atom. The number of nitrogens with zero attached hydrogens (tertiary/aromatic N) is 3. The van der Waals surface area contributed by atoms with Crippen molar-refractivity contribution in [3.05, 3.63) is 46.7 Å². The fraction of sp³-hybridized carbons (Fsp3) is 0.312. The molecule has 0 bridgehead atoms. The Morgan fingerprint density at radius 2 is 2.09 bits per heavy atom. The molecule has 0 aliphatic carbocycles. The Morgan fingerprint density at radius 3 is 2.83 bits per heavy atom. The van der Waals surface area contributed by atoms with Crippen LogP contribution in [0.5, 0.6) is 0 Å². The number of amides is 1. The largest absolute Gasteiger partial charge is 0.378 e. The van der Waals surface area contributed by atoms with E-state index < -0.39 is 0 Å². The summed E-state index contributed by atoms with van der Waals surface area (Å²) in [6, 6.07) is 6.92. The number of nitrogens with one attached hydrogen (secondary N) is 1. The average Bonchev–Trinajstić information content (AvgIpc) is 2.58. The number of halogens is 1. The van der Waals surface area contributed by atoms with Crippen LogP contribution < -0.4 is 10.2 Å². The van der Waals surface area contributed by atoms with Gasteiger partial charge in [-0.1, -0.05) is 11.6 Å². The number of benzene rings is 1. The first-order chi connectivity index (χ1) is 11.1. The van der Waals surface area contributed by atoms with Crippen molar-refractivity contribution in [3.8, 4) is 0 Å². The number of carbonyl (C=O) groups excluding carboxylic acids is 1. The Kier molecular flexibility index (Phi) is 4.73. The van der Waals surface area contributed by atoms with Gasteiger partial charge in [-0.2, -0.15) is 0 Å². The molecule has 120 valence electrons. The minimum atomic E-state index is -0.271. The summed E-state index contributed by atoms with van der Waals surface area (Å²) in [6.45, 7) is 4.62. The second-order valence-electron chi connectivity index (χ2n) is 5.25. The molecular weight excluding hydrogens is 316 g/mol. The Bertz CT molecular complexity index is 717. The van der Waals surface area contributed by atoms with E-state index in [-0.39, 0.29) is 5.91 Å². The minimum Gasteiger partial charge on any atom is -0.378 e. The van der Waals surface area contributed by atoms with Gasteiger partial charge < -0.3 is 15.0 Å². The molecule has 7 heteroatoms. The molecule has 1 fully saturated rings. The van der Waals surface area contributed by atoms with E-state index in [0.717, 1.165) is 18.7 Å². The van der Waals surface area contributed by atoms with E-state index in [1.54, 1.807) is 30.5 Å². The van der Waals surface area contributed by atoms with Crippen molar-refractivity contribution < 1.29 is 9.53 Å². The van der Waals surface area contributed by atoms with Crippen molar-refractivity contribution in [1.82, 2.24) is 9.97 Å². The van der Waals surface area contributed by atoms with Gasteiger partial charge in [0, 0.05) is 30.0 Å². The monoisotopic (exact) mass is 332 g/mol. The van der Waals surface area contributed by atoms with E-state index in [2.05, 4.69) is 15.3 Å². The van der Waals surface area contributed by atoms with Crippen LogP contribution in [0.2, 0.25) is 5.02 Å². The maximum Gasteiger partial charge on any atom is 0.274 e. The van der Waals surface area contributed by atoms with Gasteiger partial charge in [0.05, 0.1) is 13.2 Å². The van der Waals surface area contributed by atoms with Crippen LogP contribution in [0.25, 0.3) is 0 Å². The number of rotatable bonds is 3. The molecule has 1 aromatic heterocycles. The van der Waals surface area contributed by atoms with Crippen molar-refractivity contribution in [2.75, 3.05) is 36.5 Å². The fourth-order valence-electron chi connectivity index (χ4n) is 2.34. The van der Waals surface area contributed by atoms with Crippen LogP contribution in [0.4, 0.5) is 11.6 Å². The quantitative estimate of drug-likeness (QED) is 0.935. The lowest BCUT2D eigenvalue weighted by Gasteiger charge is -2.26. The highest BCUT2D eigenvalue weighted by atomic mass is 35.5. The molecule has 2 heterocycles. The average molecular weight is 333 g/mol. The van der Waals surface area contributed by atoms with Crippen LogP contribution in [0.3, 0.4) is 0 Å². The van der Waals surface area contributed by atoms with Gasteiger partial charge in [-0.3, -0.25) is 4.79 Å². The number of morpholine rings is 1. The summed E-state index contributed by atoms with van der Waals surface area (Å²) in [4.78, 5) is 23.0. The van der Waals surface area contributed by atoms with Crippen LogP contribution in [-0.2, 0) is 4.74 Å². The van der Waals surface area contributed by atoms with Crippen molar-refractivity contribution >= 4 is 29.1 Å². The third-order valence-corrected chi connectivity index (χ3v) is 3.84. The third-order valence-electron chi connectivity index (χ3n) is 3.61. The van der Waals surface area contributed by atoms with Crippen molar-refractivity contribution in [1.29, 1.82) is 0 Å². The SMILES string of the molecule is Cc1cc(Cl)ccc1NC(=O)c1ccnc(N2CCOCC2)n1. The van der Waals surface area contributed by atoms with E-state index in [1.165, 1.54) is 0 Å². The zero-order valence-corrected chi connectivity index (χ0v) is 13.5. The van der Waals surface area contributed by atoms with Crippen molar-refractivity contribution in [2.45, 2.75) is 6.92 Å². The van der Waals surface area contributed by atoms with Gasteiger partial charge in [0.25, 0.3) is 5.91 Å². The lowest BCUT2D eigenvalue weighted by Crippen LogP contribution is -2.37. The topological polar surface area (TPSA) is 67.4 Å². The summed E-state index contributed by atoms with van der Waals surface area (Å²) in [5.41, 5.74) is 1.94. The summed E-state index contributed by atoms with van der Waals surface area (Å²) in [7, 11) is 0. The molecule has 1 amide bonds. The maximum absolute atomic E-state index is 12.4. The van der Waals surface area contributed by atoms with E-state index in [4.69, 9.17) is 16.3 Å². The van der Waals surface area contributed by atoms with Gasteiger partial charge in [-0.15, -0.1) is 0 Å². The van der Waals surface area contributed by atoms with Crippen LogP contribution in [0.15, 0.2) is 30.5 Å². The van der Waals surface area contributed by atoms with E-state index in [1.807, 2.05) is 11.8 Å². The lowest BCUT2D eigenvalue weighted by atomic mass is 10.2. The molecule has 1 aliphatic heterocycles. The van der Waals surface area contributed by atoms with Crippen LogP contribution >= 0.6 is 11.6 Å². The molecule has 1 aromatic carbocycles. The number of hydrogen-bond donors (Lipinski definition) is 1. The Balaban J connectivity index is 1.76. The van der Waals surface area contributed by atoms with E-state index in [9.17, 15) is 4.79 Å². The first kappa shape index (κ1) is 15.7. The summed E-state index contributed by atoms with van der Waals surface area (Å²) < 4.78 is 5.31. The summed E-state index contributed by atoms with van der Waals surface area (Å²) in [5, 5.41) is 3.49. The molecule has 0 spiro atoms. The van der Waals surface area contributed by atoms with Crippen molar-refractivity contribution in [3.63, 3.8) is 0 Å². The molecular formula is C16H17ClN4O2. The number of anilines is 2. The predicted molar refractivity (Wildman–Crippen MR) is 89.2 cm³/mol. The molecule has 23 heavy (non-hydrogen) atoms. The second-order valence-corrected chi connectivity index (χ2v) is 5.69. The zero-order valence-electron chi connectivity index (χ0n) is 12.8. The maximum atomic E-state index is 12.4. The molecule has 6 nitrogen and oxygen atoms in total. The first-order valence-corrected chi connectivity index (χ1v) is 7.74. The van der Waals surface area contributed by atoms with Crippen LogP contribution in [0, 0.1) is 6.92 Å². The van der Waals surface area contributed by atoms with Gasteiger partial charge in [0.1, 0.15) is 5.69 Å². The molecule has 3 rings (SSSR count). The van der Waals surface area contributed by atoms with Gasteiger partial charge in [0.15, 0.2) is 0 Å². The Labute approximate surface area is 139 Å². The molecule has 0 radical (unpaired) electrons. The molecule has 0 atom stereocenters. The highest BCUT2D eigenvalue weighted by molar-refractivity contribution is 6.30. The number of aromatic nitrogens is 2. The molecule has 1 aliphatic rings. The molecule has 0 unspecified atom stereocenters. The number of hydrogen-bond acceptors (Lipinski definition) is 5.